The number of methoxy groups -OCH3 is 1. The fraction of sp³-hybridized carbons (Fsp3) is 0.348. The van der Waals surface area contributed by atoms with Crippen LogP contribution < -0.4 is 4.74 Å². The van der Waals surface area contributed by atoms with Crippen LogP contribution >= 0.6 is 0 Å². The number of benzene rings is 2. The summed E-state index contributed by atoms with van der Waals surface area (Å²) in [6.07, 6.45) is 4.81. The van der Waals surface area contributed by atoms with Gasteiger partial charge in [0.25, 0.3) is 0 Å². The van der Waals surface area contributed by atoms with Crippen LogP contribution in [0.5, 0.6) is 5.75 Å². The van der Waals surface area contributed by atoms with Crippen molar-refractivity contribution in [3.63, 3.8) is 0 Å². The molecule has 4 nitrogen and oxygen atoms in total. The van der Waals surface area contributed by atoms with E-state index in [2.05, 4.69) is 29.2 Å². The molecule has 0 unspecified atom stereocenters. The van der Waals surface area contributed by atoms with Crippen molar-refractivity contribution in [3.05, 3.63) is 71.3 Å². The molecule has 0 aliphatic carbocycles. The third-order valence-electron chi connectivity index (χ3n) is 5.01. The van der Waals surface area contributed by atoms with Gasteiger partial charge in [0.05, 0.1) is 13.5 Å². The number of hydrogen-bond acceptors (Lipinski definition) is 3. The number of carbonyl (C=O) groups is 1. The lowest BCUT2D eigenvalue weighted by atomic mass is 10.1. The zero-order valence-electron chi connectivity index (χ0n) is 16.2. The lowest BCUT2D eigenvalue weighted by Crippen LogP contribution is -2.49. The molecule has 0 radical (unpaired) electrons. The third kappa shape index (κ3) is 5.44. The maximum absolute atomic E-state index is 12.6. The Hall–Kier alpha value is -2.59. The minimum Gasteiger partial charge on any atom is -0.496 e. The molecule has 3 rings (SSSR count). The molecule has 4 heteroatoms. The molecule has 0 aromatic heterocycles. The Kier molecular flexibility index (Phi) is 6.66. The molecule has 1 heterocycles. The summed E-state index contributed by atoms with van der Waals surface area (Å²) in [6, 6.07) is 16.3. The average molecular weight is 364 g/mol. The number of nitrogens with zero attached hydrogens (tertiary/aromatic N) is 2. The Morgan fingerprint density at radius 3 is 2.48 bits per heavy atom. The predicted octanol–water partition coefficient (Wildman–Crippen LogP) is 3.40. The van der Waals surface area contributed by atoms with Gasteiger partial charge in [-0.2, -0.15) is 0 Å². The Bertz CT molecular complexity index is 778. The number of rotatable bonds is 6. The highest BCUT2D eigenvalue weighted by Gasteiger charge is 2.20. The molecule has 0 saturated carbocycles. The molecule has 1 saturated heterocycles. The van der Waals surface area contributed by atoms with E-state index in [1.54, 1.807) is 7.11 Å². The van der Waals surface area contributed by atoms with Crippen LogP contribution in [-0.4, -0.2) is 55.5 Å². The molecule has 0 bridgehead atoms. The molecule has 0 atom stereocenters. The number of carbonyl (C=O) groups excluding carboxylic acids is 1. The molecule has 1 fully saturated rings. The summed E-state index contributed by atoms with van der Waals surface area (Å²) >= 11 is 0. The average Bonchev–Trinajstić information content (AvgIpc) is 2.69. The summed E-state index contributed by atoms with van der Waals surface area (Å²) in [4.78, 5) is 17.0. The molecule has 0 spiro atoms. The van der Waals surface area contributed by atoms with Crippen LogP contribution in [0.4, 0.5) is 0 Å². The SMILES string of the molecule is COc1ccc(CC(=O)N2CCN(C/C=C/c3ccccc3)CC2)cc1C. The van der Waals surface area contributed by atoms with Gasteiger partial charge in [-0.25, -0.2) is 0 Å². The maximum Gasteiger partial charge on any atom is 0.227 e. The van der Waals surface area contributed by atoms with E-state index in [-0.39, 0.29) is 5.91 Å². The third-order valence-corrected chi connectivity index (χ3v) is 5.01. The van der Waals surface area contributed by atoms with Crippen molar-refractivity contribution < 1.29 is 9.53 Å². The second-order valence-electron chi connectivity index (χ2n) is 6.98. The number of amides is 1. The van der Waals surface area contributed by atoms with E-state index in [1.165, 1.54) is 5.56 Å². The second kappa shape index (κ2) is 9.38. The summed E-state index contributed by atoms with van der Waals surface area (Å²) in [5.41, 5.74) is 3.34. The van der Waals surface area contributed by atoms with Gasteiger partial charge in [-0.3, -0.25) is 9.69 Å². The van der Waals surface area contributed by atoms with E-state index < -0.39 is 0 Å². The minimum atomic E-state index is 0.207. The van der Waals surface area contributed by atoms with Gasteiger partial charge in [0.1, 0.15) is 5.75 Å². The highest BCUT2D eigenvalue weighted by atomic mass is 16.5. The van der Waals surface area contributed by atoms with Gasteiger partial charge < -0.3 is 9.64 Å². The van der Waals surface area contributed by atoms with Gasteiger partial charge in [-0.1, -0.05) is 54.6 Å². The van der Waals surface area contributed by atoms with E-state index >= 15 is 0 Å². The largest absolute Gasteiger partial charge is 0.496 e. The van der Waals surface area contributed by atoms with Crippen molar-refractivity contribution in [2.24, 2.45) is 0 Å². The molecule has 27 heavy (non-hydrogen) atoms. The summed E-state index contributed by atoms with van der Waals surface area (Å²) in [5.74, 6) is 1.07. The zero-order valence-corrected chi connectivity index (χ0v) is 16.2. The normalized spacial score (nSPS) is 15.3. The Morgan fingerprint density at radius 2 is 1.81 bits per heavy atom. The molecule has 1 aliphatic heterocycles. The molecule has 1 aliphatic rings. The van der Waals surface area contributed by atoms with Crippen molar-refractivity contribution in [2.75, 3.05) is 39.8 Å². The molecule has 142 valence electrons. The summed E-state index contributed by atoms with van der Waals surface area (Å²) in [7, 11) is 1.67. The van der Waals surface area contributed by atoms with Crippen molar-refractivity contribution >= 4 is 12.0 Å². The van der Waals surface area contributed by atoms with Gasteiger partial charge >= 0.3 is 0 Å². The van der Waals surface area contributed by atoms with Crippen molar-refractivity contribution in [1.29, 1.82) is 0 Å². The molecular formula is C23H28N2O2. The van der Waals surface area contributed by atoms with Crippen LogP contribution in [0, 0.1) is 6.92 Å². The molecule has 2 aromatic carbocycles. The van der Waals surface area contributed by atoms with E-state index in [9.17, 15) is 4.79 Å². The van der Waals surface area contributed by atoms with Crippen LogP contribution in [0.15, 0.2) is 54.6 Å². The highest BCUT2D eigenvalue weighted by Crippen LogP contribution is 2.19. The van der Waals surface area contributed by atoms with Gasteiger partial charge in [0, 0.05) is 32.7 Å². The minimum absolute atomic E-state index is 0.207. The second-order valence-corrected chi connectivity index (χ2v) is 6.98. The highest BCUT2D eigenvalue weighted by molar-refractivity contribution is 5.79. The number of hydrogen-bond donors (Lipinski definition) is 0. The summed E-state index contributed by atoms with van der Waals surface area (Å²) < 4.78 is 5.29. The fourth-order valence-electron chi connectivity index (χ4n) is 3.42. The molecule has 2 aromatic rings. The standard InChI is InChI=1S/C23H28N2O2/c1-19-17-21(10-11-22(19)27-2)18-23(26)25-15-13-24(14-16-25)12-6-9-20-7-4-3-5-8-20/h3-11,17H,12-16,18H2,1-2H3/b9-6+. The fourth-order valence-corrected chi connectivity index (χ4v) is 3.42. The maximum atomic E-state index is 12.6. The van der Waals surface area contributed by atoms with Crippen LogP contribution in [-0.2, 0) is 11.2 Å². The zero-order chi connectivity index (χ0) is 19.1. The van der Waals surface area contributed by atoms with Crippen LogP contribution in [0.3, 0.4) is 0 Å². The van der Waals surface area contributed by atoms with Crippen molar-refractivity contribution in [1.82, 2.24) is 9.80 Å². The lowest BCUT2D eigenvalue weighted by molar-refractivity contribution is -0.132. The lowest BCUT2D eigenvalue weighted by Gasteiger charge is -2.34. The van der Waals surface area contributed by atoms with Gasteiger partial charge in [0.15, 0.2) is 0 Å². The number of ether oxygens (including phenoxy) is 1. The Labute approximate surface area is 162 Å². The molecular weight excluding hydrogens is 336 g/mol. The smallest absolute Gasteiger partial charge is 0.227 e. The van der Waals surface area contributed by atoms with Gasteiger partial charge in [0.2, 0.25) is 5.91 Å². The Morgan fingerprint density at radius 1 is 1.07 bits per heavy atom. The first-order chi connectivity index (χ1) is 13.2. The van der Waals surface area contributed by atoms with E-state index in [4.69, 9.17) is 4.74 Å². The van der Waals surface area contributed by atoms with E-state index in [1.807, 2.05) is 48.2 Å². The van der Waals surface area contributed by atoms with Crippen molar-refractivity contribution in [2.45, 2.75) is 13.3 Å². The Balaban J connectivity index is 1.45. The summed E-state index contributed by atoms with van der Waals surface area (Å²) in [5, 5.41) is 0. The van der Waals surface area contributed by atoms with Gasteiger partial charge in [-0.15, -0.1) is 0 Å². The van der Waals surface area contributed by atoms with Gasteiger partial charge in [-0.05, 0) is 29.7 Å². The van der Waals surface area contributed by atoms with Crippen LogP contribution in [0.25, 0.3) is 6.08 Å². The van der Waals surface area contributed by atoms with E-state index in [0.717, 1.165) is 49.6 Å². The first-order valence-corrected chi connectivity index (χ1v) is 9.51. The quantitative estimate of drug-likeness (QED) is 0.788. The topological polar surface area (TPSA) is 32.8 Å². The van der Waals surface area contributed by atoms with E-state index in [0.29, 0.717) is 6.42 Å². The van der Waals surface area contributed by atoms with Crippen LogP contribution in [0.2, 0.25) is 0 Å². The first-order valence-electron chi connectivity index (χ1n) is 9.51. The van der Waals surface area contributed by atoms with Crippen LogP contribution in [0.1, 0.15) is 16.7 Å². The monoisotopic (exact) mass is 364 g/mol. The first kappa shape index (κ1) is 19.2. The number of piperazine rings is 1. The summed E-state index contributed by atoms with van der Waals surface area (Å²) in [6.45, 7) is 6.38. The molecule has 1 amide bonds. The number of aryl methyl sites for hydroxylation is 1. The predicted molar refractivity (Wildman–Crippen MR) is 110 cm³/mol. The van der Waals surface area contributed by atoms with Crippen molar-refractivity contribution in [3.8, 4) is 5.75 Å². The molecule has 0 N–H and O–H groups in total.